The van der Waals surface area contributed by atoms with Crippen LogP contribution in [-0.2, 0) is 4.79 Å². The largest absolute Gasteiger partial charge is 0.325 e. The van der Waals surface area contributed by atoms with E-state index in [-0.39, 0.29) is 11.7 Å². The highest BCUT2D eigenvalue weighted by Gasteiger charge is 2.20. The third-order valence-corrected chi connectivity index (χ3v) is 6.73. The summed E-state index contributed by atoms with van der Waals surface area (Å²) >= 11 is 3.03. The molecule has 0 saturated heterocycles. The van der Waals surface area contributed by atoms with Crippen LogP contribution in [0.5, 0.6) is 0 Å². The van der Waals surface area contributed by atoms with E-state index in [2.05, 4.69) is 46.5 Å². The van der Waals surface area contributed by atoms with Crippen molar-refractivity contribution in [2.45, 2.75) is 29.8 Å². The Morgan fingerprint density at radius 3 is 2.52 bits per heavy atom. The molecule has 0 saturated carbocycles. The molecule has 0 unspecified atom stereocenters. The smallest absolute Gasteiger partial charge is 0.234 e. The molecule has 1 N–H and O–H groups in total. The minimum absolute atomic E-state index is 0.0912. The van der Waals surface area contributed by atoms with E-state index in [1.807, 2.05) is 59.4 Å². The van der Waals surface area contributed by atoms with Crippen molar-refractivity contribution >= 4 is 35.1 Å². The molecule has 4 aromatic rings. The van der Waals surface area contributed by atoms with E-state index in [0.717, 1.165) is 21.8 Å². The lowest BCUT2D eigenvalue weighted by molar-refractivity contribution is -0.113. The number of carbonyl (C=O) groups excluding carboxylic acids is 1. The molecule has 0 aliphatic rings. The fourth-order valence-electron chi connectivity index (χ4n) is 3.44. The van der Waals surface area contributed by atoms with Crippen molar-refractivity contribution in [1.82, 2.24) is 19.7 Å². The van der Waals surface area contributed by atoms with Crippen LogP contribution in [0.25, 0.3) is 17.1 Å². The molecule has 8 heteroatoms. The van der Waals surface area contributed by atoms with Gasteiger partial charge in [0.1, 0.15) is 0 Å². The van der Waals surface area contributed by atoms with E-state index in [9.17, 15) is 4.79 Å². The van der Waals surface area contributed by atoms with Gasteiger partial charge in [-0.2, -0.15) is 0 Å². The molecule has 2 heterocycles. The number of pyridine rings is 1. The molecule has 2 aromatic heterocycles. The maximum absolute atomic E-state index is 12.6. The van der Waals surface area contributed by atoms with E-state index in [4.69, 9.17) is 0 Å². The number of amides is 1. The summed E-state index contributed by atoms with van der Waals surface area (Å²) in [7, 11) is 0. The molecular formula is C25H25N5OS2. The minimum Gasteiger partial charge on any atom is -0.325 e. The standard InChI is InChI=1S/C25H25N5OS2/c1-17(2)21-8-4-5-9-22(21)30-24(18-7-6-14-26-15-18)28-29-25(30)33-16-23(31)27-19-10-12-20(32-3)13-11-19/h4-15,17H,16H2,1-3H3,(H,27,31). The quantitative estimate of drug-likeness (QED) is 0.320. The van der Waals surface area contributed by atoms with Crippen LogP contribution in [-0.4, -0.2) is 37.7 Å². The number of rotatable bonds is 8. The molecule has 2 aromatic carbocycles. The maximum atomic E-state index is 12.6. The number of thioether (sulfide) groups is 2. The van der Waals surface area contributed by atoms with Crippen molar-refractivity contribution in [3.8, 4) is 17.1 Å². The molecule has 0 fully saturated rings. The Balaban J connectivity index is 1.62. The second-order valence-electron chi connectivity index (χ2n) is 7.66. The molecule has 0 bridgehead atoms. The number of hydrogen-bond donors (Lipinski definition) is 1. The summed E-state index contributed by atoms with van der Waals surface area (Å²) in [5.41, 5.74) is 3.84. The second-order valence-corrected chi connectivity index (χ2v) is 9.48. The lowest BCUT2D eigenvalue weighted by Gasteiger charge is -2.16. The molecule has 0 aliphatic heterocycles. The second kappa shape index (κ2) is 10.7. The highest BCUT2D eigenvalue weighted by Crippen LogP contribution is 2.32. The topological polar surface area (TPSA) is 72.7 Å². The van der Waals surface area contributed by atoms with Gasteiger partial charge in [-0.1, -0.05) is 43.8 Å². The highest BCUT2D eigenvalue weighted by molar-refractivity contribution is 7.99. The van der Waals surface area contributed by atoms with Crippen LogP contribution in [0.15, 0.2) is 83.1 Å². The van der Waals surface area contributed by atoms with Crippen molar-refractivity contribution in [2.75, 3.05) is 17.3 Å². The Hall–Kier alpha value is -3.10. The van der Waals surface area contributed by atoms with Crippen molar-refractivity contribution in [3.63, 3.8) is 0 Å². The predicted octanol–water partition coefficient (Wildman–Crippen LogP) is 5.91. The monoisotopic (exact) mass is 475 g/mol. The van der Waals surface area contributed by atoms with Gasteiger partial charge in [-0.3, -0.25) is 14.3 Å². The van der Waals surface area contributed by atoms with Crippen LogP contribution in [0.2, 0.25) is 0 Å². The number of para-hydroxylation sites is 1. The average molecular weight is 476 g/mol. The lowest BCUT2D eigenvalue weighted by atomic mass is 10.0. The molecule has 1 amide bonds. The van der Waals surface area contributed by atoms with Gasteiger partial charge < -0.3 is 5.32 Å². The van der Waals surface area contributed by atoms with Gasteiger partial charge in [0.2, 0.25) is 5.91 Å². The van der Waals surface area contributed by atoms with Crippen molar-refractivity contribution in [1.29, 1.82) is 0 Å². The first kappa shape index (κ1) is 23.1. The zero-order chi connectivity index (χ0) is 23.2. The predicted molar refractivity (Wildman–Crippen MR) is 136 cm³/mol. The summed E-state index contributed by atoms with van der Waals surface area (Å²) in [6.45, 7) is 4.32. The fraction of sp³-hybridized carbons (Fsp3) is 0.200. The van der Waals surface area contributed by atoms with Crippen LogP contribution in [0, 0.1) is 0 Å². The van der Waals surface area contributed by atoms with Crippen LogP contribution >= 0.6 is 23.5 Å². The van der Waals surface area contributed by atoms with Gasteiger partial charge in [-0.05, 0) is 60.2 Å². The first-order chi connectivity index (χ1) is 16.1. The number of carbonyl (C=O) groups is 1. The molecule has 4 rings (SSSR count). The normalized spacial score (nSPS) is 11.0. The Morgan fingerprint density at radius 1 is 1.03 bits per heavy atom. The van der Waals surface area contributed by atoms with E-state index in [1.165, 1.54) is 17.3 Å². The van der Waals surface area contributed by atoms with E-state index in [0.29, 0.717) is 16.9 Å². The molecule has 0 spiro atoms. The summed E-state index contributed by atoms with van der Waals surface area (Å²) in [6, 6.07) is 19.9. The number of nitrogens with one attached hydrogen (secondary N) is 1. The van der Waals surface area contributed by atoms with Gasteiger partial charge in [0.25, 0.3) is 0 Å². The van der Waals surface area contributed by atoms with Crippen molar-refractivity contribution < 1.29 is 4.79 Å². The molecule has 33 heavy (non-hydrogen) atoms. The zero-order valence-corrected chi connectivity index (χ0v) is 20.4. The third-order valence-electron chi connectivity index (χ3n) is 5.06. The summed E-state index contributed by atoms with van der Waals surface area (Å²) < 4.78 is 2.03. The minimum atomic E-state index is -0.0912. The lowest BCUT2D eigenvalue weighted by Crippen LogP contribution is -2.14. The van der Waals surface area contributed by atoms with E-state index < -0.39 is 0 Å². The van der Waals surface area contributed by atoms with Gasteiger partial charge in [0, 0.05) is 28.5 Å². The van der Waals surface area contributed by atoms with Gasteiger partial charge in [0.05, 0.1) is 11.4 Å². The Morgan fingerprint density at radius 2 is 1.82 bits per heavy atom. The molecule has 0 aliphatic carbocycles. The number of benzene rings is 2. The Bertz CT molecular complexity index is 1220. The summed E-state index contributed by atoms with van der Waals surface area (Å²) in [4.78, 5) is 18.0. The van der Waals surface area contributed by atoms with Crippen LogP contribution in [0.3, 0.4) is 0 Å². The summed E-state index contributed by atoms with van der Waals surface area (Å²) in [5.74, 6) is 1.15. The van der Waals surface area contributed by atoms with E-state index in [1.54, 1.807) is 24.2 Å². The van der Waals surface area contributed by atoms with Gasteiger partial charge in [-0.15, -0.1) is 22.0 Å². The third kappa shape index (κ3) is 5.46. The van der Waals surface area contributed by atoms with Gasteiger partial charge in [-0.25, -0.2) is 0 Å². The average Bonchev–Trinajstić information content (AvgIpc) is 3.27. The van der Waals surface area contributed by atoms with Crippen LogP contribution in [0.4, 0.5) is 5.69 Å². The number of aromatic nitrogens is 4. The zero-order valence-electron chi connectivity index (χ0n) is 18.7. The first-order valence-electron chi connectivity index (χ1n) is 10.6. The highest BCUT2D eigenvalue weighted by atomic mass is 32.2. The molecule has 0 radical (unpaired) electrons. The van der Waals surface area contributed by atoms with Gasteiger partial charge in [0.15, 0.2) is 11.0 Å². The Labute approximate surface area is 202 Å². The van der Waals surface area contributed by atoms with Crippen LogP contribution < -0.4 is 5.32 Å². The maximum Gasteiger partial charge on any atom is 0.234 e. The molecular weight excluding hydrogens is 450 g/mol. The number of hydrogen-bond acceptors (Lipinski definition) is 6. The molecule has 168 valence electrons. The van der Waals surface area contributed by atoms with Crippen molar-refractivity contribution in [2.24, 2.45) is 0 Å². The number of nitrogens with zero attached hydrogens (tertiary/aromatic N) is 4. The summed E-state index contributed by atoms with van der Waals surface area (Å²) in [6.07, 6.45) is 5.54. The SMILES string of the molecule is CSc1ccc(NC(=O)CSc2nnc(-c3cccnc3)n2-c2ccccc2C(C)C)cc1. The molecule has 0 atom stereocenters. The van der Waals surface area contributed by atoms with Crippen LogP contribution in [0.1, 0.15) is 25.3 Å². The van der Waals surface area contributed by atoms with Crippen molar-refractivity contribution in [3.05, 3.63) is 78.6 Å². The first-order valence-corrected chi connectivity index (χ1v) is 12.8. The summed E-state index contributed by atoms with van der Waals surface area (Å²) in [5, 5.41) is 12.5. The fourth-order valence-corrected chi connectivity index (χ4v) is 4.60. The van der Waals surface area contributed by atoms with Gasteiger partial charge >= 0.3 is 0 Å². The number of anilines is 1. The van der Waals surface area contributed by atoms with E-state index >= 15 is 0 Å². The Kier molecular flexibility index (Phi) is 7.47. The molecule has 6 nitrogen and oxygen atoms in total.